The highest BCUT2D eigenvalue weighted by Crippen LogP contribution is 2.31. The Morgan fingerprint density at radius 2 is 1.91 bits per heavy atom. The lowest BCUT2D eigenvalue weighted by Gasteiger charge is -2.19. The Bertz CT molecular complexity index is 592. The van der Waals surface area contributed by atoms with Crippen LogP contribution in [-0.4, -0.2) is 32.8 Å². The molecule has 5 nitrogen and oxygen atoms in total. The maximum atomic E-state index is 12.6. The number of aliphatic hydroxyl groups excluding tert-OH is 1. The molecule has 0 fully saturated rings. The minimum absolute atomic E-state index is 0.135. The number of benzene rings is 1. The van der Waals surface area contributed by atoms with E-state index in [4.69, 9.17) is 4.74 Å². The predicted octanol–water partition coefficient (Wildman–Crippen LogP) is 2.57. The van der Waals surface area contributed by atoms with Crippen LogP contribution in [0.2, 0.25) is 0 Å². The number of sulfonamides is 1. The summed E-state index contributed by atoms with van der Waals surface area (Å²) in [7, 11) is -3.74. The van der Waals surface area contributed by atoms with Gasteiger partial charge in [-0.3, -0.25) is 0 Å². The first-order valence-electron chi connectivity index (χ1n) is 7.67. The first-order chi connectivity index (χ1) is 10.3. The van der Waals surface area contributed by atoms with Crippen molar-refractivity contribution in [1.82, 2.24) is 4.72 Å². The van der Waals surface area contributed by atoms with Crippen LogP contribution in [0.1, 0.15) is 51.2 Å². The van der Waals surface area contributed by atoms with Crippen LogP contribution in [-0.2, 0) is 10.0 Å². The molecule has 0 unspecified atom stereocenters. The lowest BCUT2D eigenvalue weighted by atomic mass is 9.98. The van der Waals surface area contributed by atoms with Gasteiger partial charge in [0.2, 0.25) is 10.0 Å². The summed E-state index contributed by atoms with van der Waals surface area (Å²) in [6, 6.07) is 2.95. The third kappa shape index (κ3) is 4.44. The van der Waals surface area contributed by atoms with Gasteiger partial charge in [-0.15, -0.1) is 0 Å². The highest BCUT2D eigenvalue weighted by Gasteiger charge is 2.24. The van der Waals surface area contributed by atoms with Crippen LogP contribution < -0.4 is 9.46 Å². The van der Waals surface area contributed by atoms with Gasteiger partial charge in [0.1, 0.15) is 10.6 Å². The van der Waals surface area contributed by atoms with Crippen molar-refractivity contribution >= 4 is 10.0 Å². The van der Waals surface area contributed by atoms with Crippen molar-refractivity contribution in [1.29, 1.82) is 0 Å². The molecule has 0 radical (unpaired) electrons. The summed E-state index contributed by atoms with van der Waals surface area (Å²) in [6.45, 7) is 9.79. The second kappa shape index (κ2) is 7.94. The van der Waals surface area contributed by atoms with Crippen LogP contribution in [0.25, 0.3) is 0 Å². The molecule has 1 rings (SSSR count). The van der Waals surface area contributed by atoms with E-state index < -0.39 is 16.1 Å². The fraction of sp³-hybridized carbons (Fsp3) is 0.625. The van der Waals surface area contributed by atoms with Crippen molar-refractivity contribution in [2.45, 2.75) is 57.9 Å². The molecule has 0 aliphatic heterocycles. The van der Waals surface area contributed by atoms with Crippen LogP contribution in [0, 0.1) is 6.92 Å². The molecule has 0 saturated carbocycles. The van der Waals surface area contributed by atoms with Gasteiger partial charge in [0.25, 0.3) is 0 Å². The van der Waals surface area contributed by atoms with E-state index in [0.717, 1.165) is 11.1 Å². The first-order valence-corrected chi connectivity index (χ1v) is 9.15. The van der Waals surface area contributed by atoms with E-state index in [1.165, 1.54) is 0 Å². The van der Waals surface area contributed by atoms with Crippen LogP contribution in [0.4, 0.5) is 0 Å². The third-order valence-electron chi connectivity index (χ3n) is 3.58. The summed E-state index contributed by atoms with van der Waals surface area (Å²) in [6.07, 6.45) is 0.516. The Labute approximate surface area is 133 Å². The first kappa shape index (κ1) is 18.9. The predicted molar refractivity (Wildman–Crippen MR) is 87.9 cm³/mol. The van der Waals surface area contributed by atoms with E-state index in [-0.39, 0.29) is 17.4 Å². The zero-order valence-electron chi connectivity index (χ0n) is 14.0. The second-order valence-electron chi connectivity index (χ2n) is 5.65. The molecule has 0 aliphatic carbocycles. The number of hydrogen-bond donors (Lipinski definition) is 2. The molecule has 1 atom stereocenters. The minimum atomic E-state index is -3.74. The zero-order valence-corrected chi connectivity index (χ0v) is 14.8. The van der Waals surface area contributed by atoms with Crippen molar-refractivity contribution in [2.24, 2.45) is 0 Å². The van der Waals surface area contributed by atoms with Gasteiger partial charge < -0.3 is 9.84 Å². The molecule has 22 heavy (non-hydrogen) atoms. The molecule has 0 saturated heterocycles. The van der Waals surface area contributed by atoms with E-state index in [2.05, 4.69) is 4.72 Å². The van der Waals surface area contributed by atoms with Crippen molar-refractivity contribution in [2.75, 3.05) is 13.2 Å². The number of aryl methyl sites for hydroxylation is 1. The fourth-order valence-electron chi connectivity index (χ4n) is 2.31. The molecular weight excluding hydrogens is 302 g/mol. The van der Waals surface area contributed by atoms with Gasteiger partial charge in [-0.2, -0.15) is 0 Å². The molecule has 0 bridgehead atoms. The molecule has 0 aliphatic rings. The largest absolute Gasteiger partial charge is 0.492 e. The van der Waals surface area contributed by atoms with Crippen LogP contribution >= 0.6 is 0 Å². The normalized spacial score (nSPS) is 13.4. The number of hydrogen-bond acceptors (Lipinski definition) is 4. The molecule has 126 valence electrons. The molecular formula is C16H27NO4S. The molecule has 1 aromatic carbocycles. The maximum absolute atomic E-state index is 12.6. The molecule has 0 heterocycles. The summed E-state index contributed by atoms with van der Waals surface area (Å²) in [5.74, 6) is 0.564. The van der Waals surface area contributed by atoms with Gasteiger partial charge in [-0.1, -0.05) is 20.8 Å². The Morgan fingerprint density at radius 1 is 1.27 bits per heavy atom. The number of ether oxygens (including phenoxy) is 1. The summed E-state index contributed by atoms with van der Waals surface area (Å²) >= 11 is 0. The Balaban J connectivity index is 3.38. The highest BCUT2D eigenvalue weighted by atomic mass is 32.2. The lowest BCUT2D eigenvalue weighted by Crippen LogP contribution is -2.37. The average molecular weight is 329 g/mol. The average Bonchev–Trinajstić information content (AvgIpc) is 2.44. The quantitative estimate of drug-likeness (QED) is 0.768. The molecule has 1 aromatic rings. The Kier molecular flexibility index (Phi) is 6.84. The minimum Gasteiger partial charge on any atom is -0.492 e. The van der Waals surface area contributed by atoms with E-state index in [1.807, 2.05) is 34.6 Å². The lowest BCUT2D eigenvalue weighted by molar-refractivity contribution is 0.253. The summed E-state index contributed by atoms with van der Waals surface area (Å²) in [4.78, 5) is 0.135. The standard InChI is InChI=1S/C16H27NO4S/c1-6-13(10-18)17-22(19,20)16-9-14(11(3)4)12(5)8-15(16)21-7-2/h8-9,11,13,17-18H,6-7,10H2,1-5H3/t13-/m0/s1. The SMILES string of the molecule is CCOc1cc(C)c(C(C)C)cc1S(=O)(=O)N[C@@H](CC)CO. The number of nitrogens with one attached hydrogen (secondary N) is 1. The third-order valence-corrected chi connectivity index (χ3v) is 5.12. The van der Waals surface area contributed by atoms with Crippen molar-refractivity contribution in [3.63, 3.8) is 0 Å². The second-order valence-corrected chi connectivity index (χ2v) is 7.33. The summed E-state index contributed by atoms with van der Waals surface area (Å²) in [5.41, 5.74) is 1.98. The molecule has 2 N–H and O–H groups in total. The van der Waals surface area contributed by atoms with Crippen molar-refractivity contribution in [3.8, 4) is 5.75 Å². The van der Waals surface area contributed by atoms with Crippen molar-refractivity contribution < 1.29 is 18.3 Å². The fourth-order valence-corrected chi connectivity index (χ4v) is 3.78. The molecule has 0 spiro atoms. The topological polar surface area (TPSA) is 75.6 Å². The monoisotopic (exact) mass is 329 g/mol. The zero-order chi connectivity index (χ0) is 16.9. The highest BCUT2D eigenvalue weighted by molar-refractivity contribution is 7.89. The smallest absolute Gasteiger partial charge is 0.244 e. The maximum Gasteiger partial charge on any atom is 0.244 e. The summed E-state index contributed by atoms with van der Waals surface area (Å²) < 4.78 is 33.3. The van der Waals surface area contributed by atoms with E-state index in [0.29, 0.717) is 18.8 Å². The van der Waals surface area contributed by atoms with Crippen LogP contribution in [0.15, 0.2) is 17.0 Å². The van der Waals surface area contributed by atoms with Gasteiger partial charge in [-0.05, 0) is 49.4 Å². The van der Waals surface area contributed by atoms with E-state index >= 15 is 0 Å². The Morgan fingerprint density at radius 3 is 2.36 bits per heavy atom. The molecule has 6 heteroatoms. The van der Waals surface area contributed by atoms with E-state index in [9.17, 15) is 13.5 Å². The molecule has 0 amide bonds. The van der Waals surface area contributed by atoms with Gasteiger partial charge in [0.15, 0.2) is 0 Å². The van der Waals surface area contributed by atoms with Crippen LogP contribution in [0.5, 0.6) is 5.75 Å². The van der Waals surface area contributed by atoms with Gasteiger partial charge >= 0.3 is 0 Å². The number of aliphatic hydroxyl groups is 1. The van der Waals surface area contributed by atoms with Crippen LogP contribution in [0.3, 0.4) is 0 Å². The van der Waals surface area contributed by atoms with Gasteiger partial charge in [-0.25, -0.2) is 13.1 Å². The van der Waals surface area contributed by atoms with Gasteiger partial charge in [0.05, 0.1) is 13.2 Å². The summed E-state index contributed by atoms with van der Waals surface area (Å²) in [5, 5.41) is 9.24. The Hall–Kier alpha value is -1.11. The van der Waals surface area contributed by atoms with Crippen molar-refractivity contribution in [3.05, 3.63) is 23.3 Å². The van der Waals surface area contributed by atoms with E-state index in [1.54, 1.807) is 12.1 Å². The number of rotatable bonds is 8. The molecule has 0 aromatic heterocycles. The van der Waals surface area contributed by atoms with Gasteiger partial charge in [0, 0.05) is 6.04 Å².